The molecule has 1 N–H and O–H groups in total. The first-order chi connectivity index (χ1) is 14.4. The van der Waals surface area contributed by atoms with E-state index in [-0.39, 0.29) is 17.9 Å². The van der Waals surface area contributed by atoms with Gasteiger partial charge in [0.05, 0.1) is 25.3 Å². The molecule has 0 radical (unpaired) electrons. The van der Waals surface area contributed by atoms with Crippen LogP contribution >= 0.6 is 11.6 Å². The lowest BCUT2D eigenvalue weighted by Crippen LogP contribution is -2.35. The molecule has 0 spiro atoms. The monoisotopic (exact) mass is 429 g/mol. The Morgan fingerprint density at radius 2 is 1.73 bits per heavy atom. The van der Waals surface area contributed by atoms with Gasteiger partial charge in [-0.05, 0) is 48.9 Å². The summed E-state index contributed by atoms with van der Waals surface area (Å²) in [6, 6.07) is 11.9. The van der Waals surface area contributed by atoms with Crippen molar-refractivity contribution in [3.63, 3.8) is 0 Å². The predicted molar refractivity (Wildman–Crippen MR) is 110 cm³/mol. The molecular formula is C22H20ClNO6. The van der Waals surface area contributed by atoms with E-state index >= 15 is 0 Å². The maximum Gasteiger partial charge on any atom is 0.325 e. The van der Waals surface area contributed by atoms with Crippen molar-refractivity contribution in [2.75, 3.05) is 20.3 Å². The second-order valence-electron chi connectivity index (χ2n) is 6.51. The number of likely N-dealkylation sites (tertiary alicyclic amines) is 1. The molecule has 0 aliphatic carbocycles. The molecule has 156 valence electrons. The number of hydrogen-bond acceptors (Lipinski definition) is 6. The van der Waals surface area contributed by atoms with Crippen molar-refractivity contribution in [2.45, 2.75) is 13.0 Å². The number of rotatable bonds is 6. The Labute approximate surface area is 178 Å². The normalized spacial score (nSPS) is 17.8. The Morgan fingerprint density at radius 3 is 2.30 bits per heavy atom. The molecule has 1 aliphatic heterocycles. The van der Waals surface area contributed by atoms with Crippen molar-refractivity contribution < 1.29 is 29.0 Å². The van der Waals surface area contributed by atoms with Gasteiger partial charge in [0, 0.05) is 10.6 Å². The van der Waals surface area contributed by atoms with E-state index in [2.05, 4.69) is 0 Å². The van der Waals surface area contributed by atoms with Crippen molar-refractivity contribution >= 4 is 35.0 Å². The lowest BCUT2D eigenvalue weighted by molar-refractivity contribution is -0.149. The Bertz CT molecular complexity index is 997. The van der Waals surface area contributed by atoms with Crippen LogP contribution in [-0.2, 0) is 19.1 Å². The number of ketones is 1. The number of carbonyl (C=O) groups is 3. The summed E-state index contributed by atoms with van der Waals surface area (Å²) >= 11 is 5.90. The third-order valence-electron chi connectivity index (χ3n) is 4.69. The van der Waals surface area contributed by atoms with Gasteiger partial charge in [0.25, 0.3) is 11.7 Å². The average Bonchev–Trinajstić information content (AvgIpc) is 2.99. The van der Waals surface area contributed by atoms with E-state index in [0.29, 0.717) is 21.9 Å². The first kappa shape index (κ1) is 21.4. The molecule has 2 aromatic carbocycles. The van der Waals surface area contributed by atoms with Gasteiger partial charge >= 0.3 is 5.97 Å². The minimum Gasteiger partial charge on any atom is -0.507 e. The van der Waals surface area contributed by atoms with Crippen molar-refractivity contribution in [3.8, 4) is 5.75 Å². The minimum atomic E-state index is -0.962. The first-order valence-corrected chi connectivity index (χ1v) is 9.59. The number of ether oxygens (including phenoxy) is 2. The van der Waals surface area contributed by atoms with Gasteiger partial charge in [-0.3, -0.25) is 14.4 Å². The molecule has 3 rings (SSSR count). The van der Waals surface area contributed by atoms with Gasteiger partial charge in [-0.1, -0.05) is 23.7 Å². The first-order valence-electron chi connectivity index (χ1n) is 9.21. The smallest absolute Gasteiger partial charge is 0.325 e. The Kier molecular flexibility index (Phi) is 6.42. The highest BCUT2D eigenvalue weighted by atomic mass is 35.5. The van der Waals surface area contributed by atoms with Crippen molar-refractivity contribution in [3.05, 3.63) is 70.3 Å². The Morgan fingerprint density at radius 1 is 1.10 bits per heavy atom. The molecule has 2 aromatic rings. The molecule has 1 saturated heterocycles. The molecule has 0 unspecified atom stereocenters. The second-order valence-corrected chi connectivity index (χ2v) is 6.95. The maximum atomic E-state index is 12.8. The van der Waals surface area contributed by atoms with Gasteiger partial charge in [0.15, 0.2) is 0 Å². The zero-order chi connectivity index (χ0) is 21.8. The van der Waals surface area contributed by atoms with Gasteiger partial charge in [0.2, 0.25) is 0 Å². The number of methoxy groups -OCH3 is 1. The summed E-state index contributed by atoms with van der Waals surface area (Å²) in [5, 5.41) is 11.3. The molecule has 1 heterocycles. The zero-order valence-corrected chi connectivity index (χ0v) is 17.2. The molecule has 0 saturated carbocycles. The fraction of sp³-hybridized carbons (Fsp3) is 0.227. The second kappa shape index (κ2) is 9.00. The lowest BCUT2D eigenvalue weighted by atomic mass is 9.95. The predicted octanol–water partition coefficient (Wildman–Crippen LogP) is 3.33. The maximum absolute atomic E-state index is 12.8. The zero-order valence-electron chi connectivity index (χ0n) is 16.4. The number of amides is 1. The van der Waals surface area contributed by atoms with Crippen LogP contribution in [0.25, 0.3) is 5.76 Å². The highest BCUT2D eigenvalue weighted by Gasteiger charge is 2.47. The van der Waals surface area contributed by atoms with Crippen LogP contribution in [0.5, 0.6) is 5.75 Å². The molecule has 8 heteroatoms. The number of aliphatic hydroxyl groups excluding tert-OH is 1. The number of hydrogen-bond donors (Lipinski definition) is 1. The summed E-state index contributed by atoms with van der Waals surface area (Å²) in [5.41, 5.74) is 0.749. The number of Topliss-reactive ketones (excluding diaryl/α,β-unsaturated/α-hetero) is 1. The molecule has 30 heavy (non-hydrogen) atoms. The van der Waals surface area contributed by atoms with Gasteiger partial charge in [0.1, 0.15) is 18.1 Å². The van der Waals surface area contributed by atoms with Crippen LogP contribution in [0.1, 0.15) is 24.1 Å². The van der Waals surface area contributed by atoms with E-state index in [1.165, 1.54) is 7.11 Å². The summed E-state index contributed by atoms with van der Waals surface area (Å²) < 4.78 is 10.1. The summed E-state index contributed by atoms with van der Waals surface area (Å²) in [6.45, 7) is 1.36. The van der Waals surface area contributed by atoms with Crippen molar-refractivity contribution in [1.29, 1.82) is 0 Å². The summed E-state index contributed by atoms with van der Waals surface area (Å²) in [7, 11) is 1.52. The van der Waals surface area contributed by atoms with Gasteiger partial charge in [-0.25, -0.2) is 0 Å². The highest BCUT2D eigenvalue weighted by molar-refractivity contribution is 6.46. The van der Waals surface area contributed by atoms with E-state index in [9.17, 15) is 19.5 Å². The number of carbonyl (C=O) groups excluding carboxylic acids is 3. The fourth-order valence-electron chi connectivity index (χ4n) is 3.28. The fourth-order valence-corrected chi connectivity index (χ4v) is 3.41. The molecule has 1 amide bonds. The van der Waals surface area contributed by atoms with Crippen LogP contribution in [0.4, 0.5) is 0 Å². The quantitative estimate of drug-likeness (QED) is 0.327. The van der Waals surface area contributed by atoms with E-state index < -0.39 is 30.2 Å². The van der Waals surface area contributed by atoms with E-state index in [4.69, 9.17) is 21.1 Å². The van der Waals surface area contributed by atoms with E-state index in [0.717, 1.165) is 4.90 Å². The van der Waals surface area contributed by atoms with Crippen LogP contribution < -0.4 is 4.74 Å². The van der Waals surface area contributed by atoms with Crippen molar-refractivity contribution in [2.24, 2.45) is 0 Å². The van der Waals surface area contributed by atoms with E-state index in [1.54, 1.807) is 55.5 Å². The molecule has 1 aliphatic rings. The summed E-state index contributed by atoms with van der Waals surface area (Å²) in [6.07, 6.45) is 0. The number of aliphatic hydroxyl groups is 1. The third kappa shape index (κ3) is 4.16. The van der Waals surface area contributed by atoms with Crippen LogP contribution in [0.15, 0.2) is 54.1 Å². The molecule has 1 atom stereocenters. The highest BCUT2D eigenvalue weighted by Crippen LogP contribution is 2.39. The van der Waals surface area contributed by atoms with Crippen LogP contribution in [0, 0.1) is 0 Å². The molecule has 0 aromatic heterocycles. The van der Waals surface area contributed by atoms with Crippen molar-refractivity contribution in [1.82, 2.24) is 4.90 Å². The Hall–Kier alpha value is -3.32. The van der Waals surface area contributed by atoms with E-state index in [1.807, 2.05) is 0 Å². The van der Waals surface area contributed by atoms with Gasteiger partial charge in [-0.15, -0.1) is 0 Å². The number of halogens is 1. The summed E-state index contributed by atoms with van der Waals surface area (Å²) in [5.74, 6) is -2.19. The molecule has 0 bridgehead atoms. The minimum absolute atomic E-state index is 0.114. The number of benzene rings is 2. The standard InChI is InChI=1S/C22H20ClNO6/c1-3-30-17(25)12-24-19(13-6-10-16(29-2)11-7-13)18(21(27)22(24)28)20(26)14-4-8-15(23)9-5-14/h4-11,19,26H,3,12H2,1-2H3/t19-/m1/s1. The SMILES string of the molecule is CCOC(=O)CN1C(=O)C(=O)C(=C(O)c2ccc(Cl)cc2)[C@H]1c1ccc(OC)cc1. The van der Waals surface area contributed by atoms with Crippen LogP contribution in [0.3, 0.4) is 0 Å². The van der Waals surface area contributed by atoms with Crippen LogP contribution in [-0.4, -0.2) is 47.9 Å². The number of esters is 1. The topological polar surface area (TPSA) is 93.1 Å². The van der Waals surface area contributed by atoms with Crippen LogP contribution in [0.2, 0.25) is 5.02 Å². The lowest BCUT2D eigenvalue weighted by Gasteiger charge is -2.24. The molecule has 1 fully saturated rings. The average molecular weight is 430 g/mol. The van der Waals surface area contributed by atoms with Gasteiger partial charge < -0.3 is 19.5 Å². The molecular weight excluding hydrogens is 410 g/mol. The van der Waals surface area contributed by atoms with Gasteiger partial charge in [-0.2, -0.15) is 0 Å². The number of nitrogens with zero attached hydrogens (tertiary/aromatic N) is 1. The largest absolute Gasteiger partial charge is 0.507 e. The Balaban J connectivity index is 2.13. The molecule has 7 nitrogen and oxygen atoms in total. The summed E-state index contributed by atoms with van der Waals surface area (Å²) in [4.78, 5) is 38.7. The third-order valence-corrected chi connectivity index (χ3v) is 4.95.